The summed E-state index contributed by atoms with van der Waals surface area (Å²) in [5.74, 6) is 0. The van der Waals surface area contributed by atoms with Crippen molar-refractivity contribution in [2.45, 2.75) is 38.5 Å². The summed E-state index contributed by atoms with van der Waals surface area (Å²) >= 11 is 1.91. The highest BCUT2D eigenvalue weighted by molar-refractivity contribution is 7.26. The molecule has 0 bridgehead atoms. The van der Waals surface area contributed by atoms with Gasteiger partial charge in [0, 0.05) is 53.6 Å². The van der Waals surface area contributed by atoms with E-state index in [1.54, 1.807) is 0 Å². The number of hydrogen-bond acceptors (Lipinski definition) is 2. The Morgan fingerprint density at radius 2 is 0.893 bits per heavy atom. The van der Waals surface area contributed by atoms with Crippen LogP contribution in [0.4, 0.5) is 17.1 Å². The van der Waals surface area contributed by atoms with Crippen LogP contribution in [0.1, 0.15) is 49.9 Å². The highest BCUT2D eigenvalue weighted by Crippen LogP contribution is 2.53. The zero-order valence-electron chi connectivity index (χ0n) is 32.1. The number of thiophene rings is 1. The van der Waals surface area contributed by atoms with E-state index >= 15 is 0 Å². The largest absolute Gasteiger partial charge is 0.310 e. The van der Waals surface area contributed by atoms with Crippen LogP contribution in [0.25, 0.3) is 64.7 Å². The van der Waals surface area contributed by atoms with Crippen molar-refractivity contribution < 1.29 is 0 Å². The lowest BCUT2D eigenvalue weighted by molar-refractivity contribution is 0.660. The SMILES string of the molecule is CC1(C)c2ccccc2-c2ccc(-c3cc(N(c4ccc(-c5ccccc5)cc4)c4ccc5c(c4)C(C)(C)c4ccccc4-5)cc4c3sc3ccccc34)cc21. The number of fused-ring (bicyclic) bond motifs is 9. The molecule has 0 saturated carbocycles. The van der Waals surface area contributed by atoms with Crippen molar-refractivity contribution in [1.29, 1.82) is 0 Å². The fourth-order valence-corrected chi connectivity index (χ4v) is 11.0. The molecule has 0 radical (unpaired) electrons. The van der Waals surface area contributed by atoms with Crippen molar-refractivity contribution in [3.8, 4) is 44.5 Å². The monoisotopic (exact) mass is 735 g/mol. The normalized spacial score (nSPS) is 14.4. The Labute approximate surface area is 333 Å². The van der Waals surface area contributed by atoms with Crippen LogP contribution in [0, 0.1) is 0 Å². The Bertz CT molecular complexity index is 3020. The van der Waals surface area contributed by atoms with Gasteiger partial charge in [0.2, 0.25) is 0 Å². The van der Waals surface area contributed by atoms with Crippen LogP contribution in [0.2, 0.25) is 0 Å². The summed E-state index contributed by atoms with van der Waals surface area (Å²) in [6.07, 6.45) is 0. The average Bonchev–Trinajstić information content (AvgIpc) is 3.81. The molecule has 2 heteroatoms. The van der Waals surface area contributed by atoms with Crippen LogP contribution in [-0.4, -0.2) is 0 Å². The van der Waals surface area contributed by atoms with Gasteiger partial charge < -0.3 is 4.90 Å². The summed E-state index contributed by atoms with van der Waals surface area (Å²) in [5, 5.41) is 2.59. The third-order valence-corrected chi connectivity index (χ3v) is 13.9. The van der Waals surface area contributed by atoms with Crippen molar-refractivity contribution in [2.24, 2.45) is 0 Å². The third-order valence-electron chi connectivity index (χ3n) is 12.7. The molecule has 56 heavy (non-hydrogen) atoms. The highest BCUT2D eigenvalue weighted by Gasteiger charge is 2.37. The molecule has 268 valence electrons. The van der Waals surface area contributed by atoms with Gasteiger partial charge in [0.05, 0.1) is 0 Å². The first-order chi connectivity index (χ1) is 27.3. The van der Waals surface area contributed by atoms with Crippen molar-refractivity contribution >= 4 is 48.6 Å². The van der Waals surface area contributed by atoms with Crippen LogP contribution >= 0.6 is 11.3 Å². The molecular formula is C54H41NS. The van der Waals surface area contributed by atoms with Crippen LogP contribution in [-0.2, 0) is 10.8 Å². The van der Waals surface area contributed by atoms with Gasteiger partial charge in [0.15, 0.2) is 0 Å². The molecule has 0 N–H and O–H groups in total. The summed E-state index contributed by atoms with van der Waals surface area (Å²) in [5.41, 5.74) is 19.1. The lowest BCUT2D eigenvalue weighted by Crippen LogP contribution is -2.16. The van der Waals surface area contributed by atoms with E-state index in [1.807, 2.05) is 11.3 Å². The maximum Gasteiger partial charge on any atom is 0.0475 e. The molecule has 1 heterocycles. The number of benzene rings is 8. The van der Waals surface area contributed by atoms with E-state index in [2.05, 4.69) is 209 Å². The van der Waals surface area contributed by atoms with Crippen molar-refractivity contribution in [1.82, 2.24) is 0 Å². The molecule has 0 amide bonds. The highest BCUT2D eigenvalue weighted by atomic mass is 32.1. The second kappa shape index (κ2) is 12.1. The van der Waals surface area contributed by atoms with Crippen molar-refractivity contribution in [3.63, 3.8) is 0 Å². The Kier molecular flexibility index (Phi) is 7.18. The van der Waals surface area contributed by atoms with Gasteiger partial charge in [-0.15, -0.1) is 11.3 Å². The van der Waals surface area contributed by atoms with Gasteiger partial charge in [-0.25, -0.2) is 0 Å². The van der Waals surface area contributed by atoms with Crippen LogP contribution in [0.15, 0.2) is 176 Å². The van der Waals surface area contributed by atoms with Crippen LogP contribution in [0.3, 0.4) is 0 Å². The molecule has 1 aromatic heterocycles. The van der Waals surface area contributed by atoms with E-state index in [-0.39, 0.29) is 10.8 Å². The zero-order chi connectivity index (χ0) is 37.8. The lowest BCUT2D eigenvalue weighted by Gasteiger charge is -2.29. The molecule has 0 atom stereocenters. The average molecular weight is 736 g/mol. The van der Waals surface area contributed by atoms with Crippen LogP contribution < -0.4 is 4.90 Å². The lowest BCUT2D eigenvalue weighted by atomic mass is 9.81. The van der Waals surface area contributed by atoms with E-state index < -0.39 is 0 Å². The molecule has 8 aromatic carbocycles. The van der Waals surface area contributed by atoms with E-state index in [0.29, 0.717) is 0 Å². The predicted molar refractivity (Wildman–Crippen MR) is 240 cm³/mol. The predicted octanol–water partition coefficient (Wildman–Crippen LogP) is 15.5. The van der Waals surface area contributed by atoms with Gasteiger partial charge in [-0.1, -0.05) is 155 Å². The van der Waals surface area contributed by atoms with E-state index in [1.165, 1.54) is 86.9 Å². The number of nitrogens with zero attached hydrogens (tertiary/aromatic N) is 1. The molecular weight excluding hydrogens is 695 g/mol. The summed E-state index contributed by atoms with van der Waals surface area (Å²) in [6, 6.07) is 65.8. The standard InChI is InChI=1S/C54H41NS/c1-53(2)47-19-11-8-16-40(47)42-28-24-36(30-49(42)53)45-31-39(32-46-44-18-10-13-21-51(44)56-52(45)46)55(37-25-22-35(23-26-37)34-14-6-5-7-15-34)38-27-29-43-41-17-9-12-20-48(41)54(3,4)50(43)33-38/h5-33H,1-4H3. The van der Waals surface area contributed by atoms with E-state index in [9.17, 15) is 0 Å². The number of hydrogen-bond donors (Lipinski definition) is 0. The fraction of sp³-hybridized carbons (Fsp3) is 0.111. The zero-order valence-corrected chi connectivity index (χ0v) is 32.9. The first-order valence-corrected chi connectivity index (χ1v) is 20.5. The minimum absolute atomic E-state index is 0.0832. The molecule has 0 unspecified atom stereocenters. The van der Waals surface area contributed by atoms with Gasteiger partial charge in [0.1, 0.15) is 0 Å². The molecule has 0 aliphatic heterocycles. The Morgan fingerprint density at radius 1 is 0.357 bits per heavy atom. The number of rotatable bonds is 5. The molecule has 9 aromatic rings. The molecule has 11 rings (SSSR count). The molecule has 0 spiro atoms. The van der Waals surface area contributed by atoms with E-state index in [4.69, 9.17) is 0 Å². The van der Waals surface area contributed by atoms with Gasteiger partial charge in [-0.3, -0.25) is 0 Å². The fourth-order valence-electron chi connectivity index (χ4n) is 9.74. The Morgan fingerprint density at radius 3 is 1.61 bits per heavy atom. The molecule has 0 fully saturated rings. The van der Waals surface area contributed by atoms with Gasteiger partial charge in [-0.05, 0) is 110 Å². The smallest absolute Gasteiger partial charge is 0.0475 e. The van der Waals surface area contributed by atoms with Gasteiger partial charge >= 0.3 is 0 Å². The summed E-state index contributed by atoms with van der Waals surface area (Å²) in [7, 11) is 0. The van der Waals surface area contributed by atoms with Crippen LogP contribution in [0.5, 0.6) is 0 Å². The Hall–Kier alpha value is -6.22. The first kappa shape index (κ1) is 33.1. The maximum absolute atomic E-state index is 2.48. The quantitative estimate of drug-likeness (QED) is 0.170. The summed E-state index contributed by atoms with van der Waals surface area (Å²) < 4.78 is 2.64. The second-order valence-electron chi connectivity index (χ2n) is 16.5. The minimum atomic E-state index is -0.113. The number of anilines is 3. The first-order valence-electron chi connectivity index (χ1n) is 19.7. The van der Waals surface area contributed by atoms with Gasteiger partial charge in [-0.2, -0.15) is 0 Å². The second-order valence-corrected chi connectivity index (χ2v) is 17.6. The minimum Gasteiger partial charge on any atom is -0.310 e. The third kappa shape index (κ3) is 4.85. The van der Waals surface area contributed by atoms with E-state index in [0.717, 1.165) is 17.1 Å². The summed E-state index contributed by atoms with van der Waals surface area (Å²) in [6.45, 7) is 9.49. The van der Waals surface area contributed by atoms with Crippen molar-refractivity contribution in [3.05, 3.63) is 198 Å². The maximum atomic E-state index is 2.48. The van der Waals surface area contributed by atoms with Crippen molar-refractivity contribution in [2.75, 3.05) is 4.90 Å². The molecule has 0 saturated heterocycles. The topological polar surface area (TPSA) is 3.24 Å². The van der Waals surface area contributed by atoms with Gasteiger partial charge in [0.25, 0.3) is 0 Å². The summed E-state index contributed by atoms with van der Waals surface area (Å²) in [4.78, 5) is 2.48. The Balaban J connectivity index is 1.15. The molecule has 2 aliphatic rings. The molecule has 1 nitrogen and oxygen atoms in total. The molecule has 2 aliphatic carbocycles.